The molecule has 1 heterocycles. The number of aromatic amines is 1. The van der Waals surface area contributed by atoms with Crippen LogP contribution in [-0.2, 0) is 6.42 Å². The quantitative estimate of drug-likeness (QED) is 0.731. The number of nitrogens with zero attached hydrogens (tertiary/aromatic N) is 1. The topological polar surface area (TPSA) is 40.7 Å². The number of hydrogen-bond acceptors (Lipinski definition) is 2. The van der Waals surface area contributed by atoms with Crippen LogP contribution in [0, 0.1) is 0 Å². The molecule has 3 nitrogen and oxygen atoms in total. The summed E-state index contributed by atoms with van der Waals surface area (Å²) in [5.74, 6) is 1.73. The first kappa shape index (κ1) is 8.60. The van der Waals surface area contributed by atoms with Gasteiger partial charge >= 0.3 is 0 Å². The summed E-state index contributed by atoms with van der Waals surface area (Å²) >= 11 is 0. The van der Waals surface area contributed by atoms with E-state index in [0.717, 1.165) is 12.4 Å². The smallest absolute Gasteiger partial charge is 0.151 e. The molecule has 1 atom stereocenters. The van der Waals surface area contributed by atoms with E-state index >= 15 is 0 Å². The standard InChI is InChI=1S/C10H17N3/c1-3-11-10-8-6-4-5-7(2)9(8)12-13-10/h7H,3-6H2,1-2H3,(H2,11,12,13). The van der Waals surface area contributed by atoms with Crippen molar-refractivity contribution in [2.24, 2.45) is 0 Å². The number of anilines is 1. The van der Waals surface area contributed by atoms with Crippen molar-refractivity contribution in [1.29, 1.82) is 0 Å². The van der Waals surface area contributed by atoms with E-state index in [9.17, 15) is 0 Å². The Morgan fingerprint density at radius 3 is 3.23 bits per heavy atom. The SMILES string of the molecule is CCNc1n[nH]c2c1CCCC2C. The van der Waals surface area contributed by atoms with E-state index in [4.69, 9.17) is 0 Å². The third-order valence-electron chi connectivity index (χ3n) is 2.80. The van der Waals surface area contributed by atoms with Gasteiger partial charge in [-0.25, -0.2) is 0 Å². The molecular weight excluding hydrogens is 162 g/mol. The van der Waals surface area contributed by atoms with Crippen LogP contribution < -0.4 is 5.32 Å². The van der Waals surface area contributed by atoms with Crippen LogP contribution in [0.1, 0.15) is 43.9 Å². The van der Waals surface area contributed by atoms with Gasteiger partial charge in [-0.05, 0) is 32.1 Å². The van der Waals surface area contributed by atoms with Crippen LogP contribution in [0.15, 0.2) is 0 Å². The average Bonchev–Trinajstić information content (AvgIpc) is 2.51. The van der Waals surface area contributed by atoms with E-state index in [2.05, 4.69) is 29.4 Å². The Hall–Kier alpha value is -0.990. The summed E-state index contributed by atoms with van der Waals surface area (Å²) < 4.78 is 0. The molecule has 1 aromatic heterocycles. The van der Waals surface area contributed by atoms with Crippen molar-refractivity contribution in [1.82, 2.24) is 10.2 Å². The summed E-state index contributed by atoms with van der Waals surface area (Å²) in [6, 6.07) is 0. The molecule has 0 radical (unpaired) electrons. The number of H-pyrrole nitrogens is 1. The average molecular weight is 179 g/mol. The molecule has 2 N–H and O–H groups in total. The fourth-order valence-electron chi connectivity index (χ4n) is 2.08. The van der Waals surface area contributed by atoms with Gasteiger partial charge in [0, 0.05) is 17.8 Å². The Bertz CT molecular complexity index is 290. The second-order valence-corrected chi connectivity index (χ2v) is 3.79. The molecule has 2 rings (SSSR count). The molecule has 0 spiro atoms. The predicted octanol–water partition coefficient (Wildman–Crippen LogP) is 2.28. The molecule has 0 saturated carbocycles. The highest BCUT2D eigenvalue weighted by Crippen LogP contribution is 2.33. The van der Waals surface area contributed by atoms with Crippen molar-refractivity contribution in [3.05, 3.63) is 11.3 Å². The third kappa shape index (κ3) is 1.43. The van der Waals surface area contributed by atoms with E-state index in [1.165, 1.54) is 30.5 Å². The third-order valence-corrected chi connectivity index (χ3v) is 2.80. The maximum Gasteiger partial charge on any atom is 0.151 e. The highest BCUT2D eigenvalue weighted by atomic mass is 15.2. The summed E-state index contributed by atoms with van der Waals surface area (Å²) in [5, 5.41) is 10.7. The number of nitrogens with one attached hydrogen (secondary N) is 2. The molecule has 1 unspecified atom stereocenters. The molecule has 1 aliphatic carbocycles. The highest BCUT2D eigenvalue weighted by molar-refractivity contribution is 5.48. The van der Waals surface area contributed by atoms with E-state index in [1.54, 1.807) is 0 Å². The Kier molecular flexibility index (Phi) is 2.25. The van der Waals surface area contributed by atoms with Gasteiger partial charge in [-0.15, -0.1) is 0 Å². The van der Waals surface area contributed by atoms with Crippen molar-refractivity contribution in [2.75, 3.05) is 11.9 Å². The van der Waals surface area contributed by atoms with Crippen molar-refractivity contribution in [3.8, 4) is 0 Å². The van der Waals surface area contributed by atoms with Crippen molar-refractivity contribution >= 4 is 5.82 Å². The maximum atomic E-state index is 4.30. The first-order valence-electron chi connectivity index (χ1n) is 5.14. The molecule has 1 aromatic rings. The summed E-state index contributed by atoms with van der Waals surface area (Å²) in [7, 11) is 0. The molecule has 0 fully saturated rings. The predicted molar refractivity (Wildman–Crippen MR) is 54.1 cm³/mol. The zero-order valence-corrected chi connectivity index (χ0v) is 8.35. The Balaban J connectivity index is 2.30. The normalized spacial score (nSPS) is 21.2. The summed E-state index contributed by atoms with van der Waals surface area (Å²) in [6.07, 6.45) is 3.77. The lowest BCUT2D eigenvalue weighted by molar-refractivity contribution is 0.578. The minimum absolute atomic E-state index is 0.656. The molecule has 13 heavy (non-hydrogen) atoms. The van der Waals surface area contributed by atoms with Crippen LogP contribution in [0.4, 0.5) is 5.82 Å². The summed E-state index contributed by atoms with van der Waals surface area (Å²) in [5.41, 5.74) is 2.77. The van der Waals surface area contributed by atoms with Gasteiger partial charge in [-0.2, -0.15) is 5.10 Å². The minimum Gasteiger partial charge on any atom is -0.369 e. The van der Waals surface area contributed by atoms with Gasteiger partial charge in [0.25, 0.3) is 0 Å². The number of hydrogen-bond donors (Lipinski definition) is 2. The number of fused-ring (bicyclic) bond motifs is 1. The second kappa shape index (κ2) is 3.40. The monoisotopic (exact) mass is 179 g/mol. The molecule has 1 aliphatic rings. The lowest BCUT2D eigenvalue weighted by Crippen LogP contribution is -2.07. The van der Waals surface area contributed by atoms with Gasteiger partial charge in [0.2, 0.25) is 0 Å². The van der Waals surface area contributed by atoms with Crippen molar-refractivity contribution < 1.29 is 0 Å². The van der Waals surface area contributed by atoms with Crippen molar-refractivity contribution in [2.45, 2.75) is 39.0 Å². The highest BCUT2D eigenvalue weighted by Gasteiger charge is 2.21. The molecule has 0 amide bonds. The van der Waals surface area contributed by atoms with E-state index < -0.39 is 0 Å². The van der Waals surface area contributed by atoms with Crippen LogP contribution in [0.25, 0.3) is 0 Å². The molecule has 0 aliphatic heterocycles. The van der Waals surface area contributed by atoms with Gasteiger partial charge < -0.3 is 5.32 Å². The Labute approximate surface area is 78.9 Å². The van der Waals surface area contributed by atoms with E-state index in [0.29, 0.717) is 5.92 Å². The van der Waals surface area contributed by atoms with E-state index in [1.807, 2.05) is 0 Å². The molecule has 3 heteroatoms. The van der Waals surface area contributed by atoms with Gasteiger partial charge in [0.1, 0.15) is 0 Å². The van der Waals surface area contributed by atoms with Crippen LogP contribution in [-0.4, -0.2) is 16.7 Å². The Morgan fingerprint density at radius 1 is 1.62 bits per heavy atom. The fraction of sp³-hybridized carbons (Fsp3) is 0.700. The van der Waals surface area contributed by atoms with Crippen LogP contribution in [0.2, 0.25) is 0 Å². The number of aromatic nitrogens is 2. The van der Waals surface area contributed by atoms with Crippen LogP contribution >= 0.6 is 0 Å². The van der Waals surface area contributed by atoms with Gasteiger partial charge in [0.05, 0.1) is 0 Å². The lowest BCUT2D eigenvalue weighted by Gasteiger charge is -2.17. The molecule has 72 valence electrons. The second-order valence-electron chi connectivity index (χ2n) is 3.79. The first-order valence-corrected chi connectivity index (χ1v) is 5.14. The summed E-state index contributed by atoms with van der Waals surface area (Å²) in [4.78, 5) is 0. The molecule has 0 aromatic carbocycles. The lowest BCUT2D eigenvalue weighted by atomic mass is 9.89. The summed E-state index contributed by atoms with van der Waals surface area (Å²) in [6.45, 7) is 5.32. The Morgan fingerprint density at radius 2 is 2.46 bits per heavy atom. The van der Waals surface area contributed by atoms with Gasteiger partial charge in [-0.1, -0.05) is 6.92 Å². The van der Waals surface area contributed by atoms with Crippen molar-refractivity contribution in [3.63, 3.8) is 0 Å². The van der Waals surface area contributed by atoms with Gasteiger partial charge in [-0.3, -0.25) is 5.10 Å². The van der Waals surface area contributed by atoms with Crippen LogP contribution in [0.5, 0.6) is 0 Å². The van der Waals surface area contributed by atoms with Crippen LogP contribution in [0.3, 0.4) is 0 Å². The van der Waals surface area contributed by atoms with E-state index in [-0.39, 0.29) is 0 Å². The zero-order chi connectivity index (χ0) is 9.26. The molecule has 0 saturated heterocycles. The maximum absolute atomic E-state index is 4.30. The molecule has 0 bridgehead atoms. The first-order chi connectivity index (χ1) is 6.33. The fourth-order valence-corrected chi connectivity index (χ4v) is 2.08. The minimum atomic E-state index is 0.656. The largest absolute Gasteiger partial charge is 0.369 e. The molecular formula is C10H17N3. The number of rotatable bonds is 2. The zero-order valence-electron chi connectivity index (χ0n) is 8.35. The van der Waals surface area contributed by atoms with Gasteiger partial charge in [0.15, 0.2) is 5.82 Å².